The molecule has 180 valence electrons. The molecule has 33 heavy (non-hydrogen) atoms. The number of rotatable bonds is 10. The van der Waals surface area contributed by atoms with Gasteiger partial charge in [-0.1, -0.05) is 6.42 Å². The molecule has 2 aromatic carbocycles. The number of amides is 1. The molecule has 0 aromatic heterocycles. The highest BCUT2D eigenvalue weighted by Crippen LogP contribution is 2.39. The second-order valence-electron chi connectivity index (χ2n) is 7.54. The lowest BCUT2D eigenvalue weighted by Gasteiger charge is -2.25. The van der Waals surface area contributed by atoms with Gasteiger partial charge < -0.3 is 19.5 Å². The predicted molar refractivity (Wildman–Crippen MR) is 127 cm³/mol. The molecule has 8 nitrogen and oxygen atoms in total. The van der Waals surface area contributed by atoms with Gasteiger partial charge in [0, 0.05) is 24.3 Å². The highest BCUT2D eigenvalue weighted by atomic mass is 32.2. The van der Waals surface area contributed by atoms with Crippen molar-refractivity contribution in [3.8, 4) is 17.2 Å². The predicted octanol–water partition coefficient (Wildman–Crippen LogP) is 4.31. The maximum Gasteiger partial charge on any atom is 0.255 e. The molecule has 9 heteroatoms. The number of piperidine rings is 1. The van der Waals surface area contributed by atoms with Gasteiger partial charge in [-0.3, -0.25) is 4.79 Å². The minimum atomic E-state index is -3.52. The normalized spacial score (nSPS) is 14.5. The molecule has 1 fully saturated rings. The summed E-state index contributed by atoms with van der Waals surface area (Å²) in [6.07, 6.45) is 2.81. The Kier molecular flexibility index (Phi) is 8.57. The molecule has 1 aliphatic heterocycles. The van der Waals surface area contributed by atoms with Crippen LogP contribution in [0.15, 0.2) is 41.3 Å². The average molecular weight is 477 g/mol. The molecule has 1 saturated heterocycles. The second-order valence-corrected chi connectivity index (χ2v) is 9.48. The van der Waals surface area contributed by atoms with E-state index in [9.17, 15) is 13.2 Å². The summed E-state index contributed by atoms with van der Waals surface area (Å²) in [6, 6.07) is 9.46. The first-order valence-corrected chi connectivity index (χ1v) is 12.8. The molecule has 3 rings (SSSR count). The number of nitrogens with one attached hydrogen (secondary N) is 1. The van der Waals surface area contributed by atoms with E-state index in [-0.39, 0.29) is 10.8 Å². The maximum absolute atomic E-state index is 12.9. The third-order valence-electron chi connectivity index (χ3n) is 5.24. The van der Waals surface area contributed by atoms with Crippen molar-refractivity contribution in [2.24, 2.45) is 0 Å². The van der Waals surface area contributed by atoms with Crippen LogP contribution in [-0.2, 0) is 10.0 Å². The van der Waals surface area contributed by atoms with Crippen LogP contribution < -0.4 is 19.5 Å². The van der Waals surface area contributed by atoms with Gasteiger partial charge in [0.15, 0.2) is 11.5 Å². The molecule has 0 atom stereocenters. The van der Waals surface area contributed by atoms with E-state index in [0.29, 0.717) is 61.4 Å². The minimum absolute atomic E-state index is 0.223. The largest absolute Gasteiger partial charge is 0.490 e. The number of nitrogens with zero attached hydrogens (tertiary/aromatic N) is 1. The Labute approximate surface area is 195 Å². The summed E-state index contributed by atoms with van der Waals surface area (Å²) in [7, 11) is -3.52. The molecular formula is C24H32N2O6S. The Morgan fingerprint density at radius 1 is 0.879 bits per heavy atom. The van der Waals surface area contributed by atoms with Crippen LogP contribution in [0.5, 0.6) is 17.2 Å². The van der Waals surface area contributed by atoms with Crippen LogP contribution in [0.4, 0.5) is 5.69 Å². The van der Waals surface area contributed by atoms with Gasteiger partial charge in [-0.25, -0.2) is 8.42 Å². The molecule has 0 radical (unpaired) electrons. The van der Waals surface area contributed by atoms with Gasteiger partial charge in [0.1, 0.15) is 0 Å². The van der Waals surface area contributed by atoms with Crippen LogP contribution in [0.25, 0.3) is 0 Å². The van der Waals surface area contributed by atoms with Crippen LogP contribution in [-0.4, -0.2) is 51.5 Å². The number of anilines is 1. The first kappa shape index (κ1) is 24.9. The zero-order valence-electron chi connectivity index (χ0n) is 19.4. The Balaban J connectivity index is 1.80. The number of hydrogen-bond donors (Lipinski definition) is 1. The lowest BCUT2D eigenvalue weighted by Crippen LogP contribution is -2.35. The van der Waals surface area contributed by atoms with E-state index in [1.54, 1.807) is 24.3 Å². The first-order chi connectivity index (χ1) is 15.9. The SMILES string of the molecule is CCOc1cc(C(=O)Nc2ccc(S(=O)(=O)N3CCCCC3)cc2)cc(OCC)c1OCC. The number of ether oxygens (including phenoxy) is 3. The molecule has 1 heterocycles. The van der Waals surface area contributed by atoms with Crippen molar-refractivity contribution in [2.75, 3.05) is 38.2 Å². The Morgan fingerprint density at radius 2 is 1.42 bits per heavy atom. The lowest BCUT2D eigenvalue weighted by molar-refractivity contribution is 0.102. The van der Waals surface area contributed by atoms with Crippen LogP contribution >= 0.6 is 0 Å². The van der Waals surface area contributed by atoms with E-state index < -0.39 is 10.0 Å². The molecule has 0 unspecified atom stereocenters. The third-order valence-corrected chi connectivity index (χ3v) is 7.15. The molecule has 0 saturated carbocycles. The van der Waals surface area contributed by atoms with Crippen molar-refractivity contribution in [2.45, 2.75) is 44.9 Å². The zero-order chi connectivity index (χ0) is 23.8. The highest BCUT2D eigenvalue weighted by molar-refractivity contribution is 7.89. The van der Waals surface area contributed by atoms with Gasteiger partial charge in [0.2, 0.25) is 15.8 Å². The van der Waals surface area contributed by atoms with E-state index >= 15 is 0 Å². The number of carbonyl (C=O) groups excluding carboxylic acids is 1. The Bertz CT molecular complexity index is 1020. The van der Waals surface area contributed by atoms with E-state index in [0.717, 1.165) is 19.3 Å². The van der Waals surface area contributed by atoms with E-state index in [2.05, 4.69) is 5.32 Å². The van der Waals surface area contributed by atoms with Gasteiger partial charge >= 0.3 is 0 Å². The summed E-state index contributed by atoms with van der Waals surface area (Å²) in [5.74, 6) is 0.952. The summed E-state index contributed by atoms with van der Waals surface area (Å²) in [6.45, 7) is 7.89. The molecule has 1 N–H and O–H groups in total. The molecule has 1 amide bonds. The van der Waals surface area contributed by atoms with Crippen LogP contribution in [0, 0.1) is 0 Å². The molecule has 0 bridgehead atoms. The monoisotopic (exact) mass is 476 g/mol. The van der Waals surface area contributed by atoms with Crippen LogP contribution in [0.2, 0.25) is 0 Å². The van der Waals surface area contributed by atoms with Gasteiger partial charge in [0.05, 0.1) is 24.7 Å². The van der Waals surface area contributed by atoms with Gasteiger partial charge in [0.25, 0.3) is 5.91 Å². The topological polar surface area (TPSA) is 94.2 Å². The highest BCUT2D eigenvalue weighted by Gasteiger charge is 2.26. The minimum Gasteiger partial charge on any atom is -0.490 e. The van der Waals surface area contributed by atoms with Crippen molar-refractivity contribution < 1.29 is 27.4 Å². The van der Waals surface area contributed by atoms with Crippen molar-refractivity contribution in [1.29, 1.82) is 0 Å². The quantitative estimate of drug-likeness (QED) is 0.549. The maximum atomic E-state index is 12.9. The van der Waals surface area contributed by atoms with Crippen molar-refractivity contribution in [3.05, 3.63) is 42.0 Å². The fourth-order valence-electron chi connectivity index (χ4n) is 3.69. The second kappa shape index (κ2) is 11.4. The average Bonchev–Trinajstić information content (AvgIpc) is 2.82. The summed E-state index contributed by atoms with van der Waals surface area (Å²) in [4.78, 5) is 13.2. The Hall–Kier alpha value is -2.78. The van der Waals surface area contributed by atoms with Gasteiger partial charge in [-0.05, 0) is 70.0 Å². The summed E-state index contributed by atoms with van der Waals surface area (Å²) in [5, 5.41) is 2.81. The fourth-order valence-corrected chi connectivity index (χ4v) is 5.20. The summed E-state index contributed by atoms with van der Waals surface area (Å²) in [5.41, 5.74) is 0.831. The zero-order valence-corrected chi connectivity index (χ0v) is 20.2. The molecule has 1 aliphatic rings. The molecule has 2 aromatic rings. The molecular weight excluding hydrogens is 444 g/mol. The standard InChI is InChI=1S/C24H32N2O6S/c1-4-30-21-16-18(17-22(31-5-2)23(21)32-6-3)24(27)25-19-10-12-20(13-11-19)33(28,29)26-14-8-7-9-15-26/h10-13,16-17H,4-9,14-15H2,1-3H3,(H,25,27). The van der Waals surface area contributed by atoms with Crippen molar-refractivity contribution in [3.63, 3.8) is 0 Å². The molecule has 0 spiro atoms. The Morgan fingerprint density at radius 3 is 1.94 bits per heavy atom. The van der Waals surface area contributed by atoms with E-state index in [4.69, 9.17) is 14.2 Å². The number of sulfonamides is 1. The fraction of sp³-hybridized carbons (Fsp3) is 0.458. The van der Waals surface area contributed by atoms with Crippen LogP contribution in [0.3, 0.4) is 0 Å². The lowest BCUT2D eigenvalue weighted by atomic mass is 10.1. The summed E-state index contributed by atoms with van der Waals surface area (Å²) < 4.78 is 44.2. The number of hydrogen-bond acceptors (Lipinski definition) is 6. The third kappa shape index (κ3) is 5.97. The molecule has 0 aliphatic carbocycles. The van der Waals surface area contributed by atoms with Gasteiger partial charge in [-0.15, -0.1) is 0 Å². The van der Waals surface area contributed by atoms with Crippen molar-refractivity contribution >= 4 is 21.6 Å². The first-order valence-electron chi connectivity index (χ1n) is 11.4. The van der Waals surface area contributed by atoms with Crippen LogP contribution in [0.1, 0.15) is 50.4 Å². The number of carbonyl (C=O) groups is 1. The van der Waals surface area contributed by atoms with E-state index in [1.807, 2.05) is 20.8 Å². The number of benzene rings is 2. The van der Waals surface area contributed by atoms with E-state index in [1.165, 1.54) is 16.4 Å². The van der Waals surface area contributed by atoms with Crippen molar-refractivity contribution in [1.82, 2.24) is 4.31 Å². The summed E-state index contributed by atoms with van der Waals surface area (Å²) >= 11 is 0. The smallest absolute Gasteiger partial charge is 0.255 e. The van der Waals surface area contributed by atoms with Gasteiger partial charge in [-0.2, -0.15) is 4.31 Å².